The van der Waals surface area contributed by atoms with E-state index < -0.39 is 6.10 Å². The fraction of sp³-hybridized carbons (Fsp3) is 0.827. The molecule has 0 bridgehead atoms. The van der Waals surface area contributed by atoms with E-state index in [1.807, 2.05) is 0 Å². The molecule has 0 amide bonds. The van der Waals surface area contributed by atoms with Gasteiger partial charge in [-0.05, 0) is 103 Å². The average Bonchev–Trinajstić information content (AvgIpc) is 3.46. The van der Waals surface area contributed by atoms with Crippen molar-refractivity contribution >= 4 is 17.9 Å². The van der Waals surface area contributed by atoms with Crippen molar-refractivity contribution in [2.24, 2.45) is 0 Å². The number of esters is 3. The van der Waals surface area contributed by atoms with Gasteiger partial charge in [-0.1, -0.05) is 319 Å². The Morgan fingerprint density at radius 1 is 0.259 bits per heavy atom. The zero-order valence-electron chi connectivity index (χ0n) is 54.3. The predicted octanol–water partition coefficient (Wildman–Crippen LogP) is 24.7. The number of unbranched alkanes of at least 4 members (excludes halogenated alkanes) is 45. The average molecular weight is 1130 g/mol. The number of carbonyl (C=O) groups excluding carboxylic acids is 3. The van der Waals surface area contributed by atoms with Crippen LogP contribution in [-0.4, -0.2) is 37.2 Å². The third kappa shape index (κ3) is 67.8. The molecule has 0 heterocycles. The lowest BCUT2D eigenvalue weighted by atomic mass is 10.0. The third-order valence-corrected chi connectivity index (χ3v) is 16.0. The van der Waals surface area contributed by atoms with Crippen LogP contribution in [0, 0.1) is 0 Å². The molecule has 0 aliphatic carbocycles. The SMILES string of the molecule is CC/C=C\C/C=C\C/C=C\CCCCCC(=O)OCC(COC(=O)CCCCCCCCCCCCCCCCCCCCC/C=C\CCCCCCCCCC)OC(=O)CCCCCCCCCCC/C=C\CCCCCCCC. The highest BCUT2D eigenvalue weighted by Gasteiger charge is 2.19. The summed E-state index contributed by atoms with van der Waals surface area (Å²) >= 11 is 0. The first-order chi connectivity index (χ1) is 40.0. The maximum absolute atomic E-state index is 12.9. The van der Waals surface area contributed by atoms with E-state index in [0.717, 1.165) is 83.5 Å². The summed E-state index contributed by atoms with van der Waals surface area (Å²) < 4.78 is 16.9. The summed E-state index contributed by atoms with van der Waals surface area (Å²) in [5.41, 5.74) is 0. The Morgan fingerprint density at radius 3 is 0.778 bits per heavy atom. The molecule has 0 radical (unpaired) electrons. The van der Waals surface area contributed by atoms with E-state index >= 15 is 0 Å². The first-order valence-corrected chi connectivity index (χ1v) is 35.8. The van der Waals surface area contributed by atoms with Crippen LogP contribution in [0.5, 0.6) is 0 Å². The smallest absolute Gasteiger partial charge is 0.306 e. The molecular formula is C75H136O6. The first-order valence-electron chi connectivity index (χ1n) is 35.8. The van der Waals surface area contributed by atoms with Gasteiger partial charge in [0.1, 0.15) is 13.2 Å². The van der Waals surface area contributed by atoms with E-state index in [1.165, 1.54) is 257 Å². The monoisotopic (exact) mass is 1130 g/mol. The molecule has 0 aromatic heterocycles. The molecule has 0 rings (SSSR count). The molecule has 0 spiro atoms. The Labute approximate surface area is 504 Å². The van der Waals surface area contributed by atoms with E-state index in [0.29, 0.717) is 19.3 Å². The van der Waals surface area contributed by atoms with Gasteiger partial charge in [-0.15, -0.1) is 0 Å². The second-order valence-corrected chi connectivity index (χ2v) is 24.1. The van der Waals surface area contributed by atoms with Gasteiger partial charge in [0.25, 0.3) is 0 Å². The fourth-order valence-corrected chi connectivity index (χ4v) is 10.6. The summed E-state index contributed by atoms with van der Waals surface area (Å²) in [6.07, 6.45) is 89.9. The van der Waals surface area contributed by atoms with Crippen LogP contribution in [0.25, 0.3) is 0 Å². The van der Waals surface area contributed by atoms with Gasteiger partial charge in [-0.3, -0.25) is 14.4 Å². The number of ether oxygens (including phenoxy) is 3. The molecule has 6 heteroatoms. The minimum Gasteiger partial charge on any atom is -0.462 e. The van der Waals surface area contributed by atoms with Gasteiger partial charge >= 0.3 is 17.9 Å². The molecule has 1 unspecified atom stereocenters. The lowest BCUT2D eigenvalue weighted by Crippen LogP contribution is -2.30. The largest absolute Gasteiger partial charge is 0.462 e. The van der Waals surface area contributed by atoms with Gasteiger partial charge in [0.2, 0.25) is 0 Å². The topological polar surface area (TPSA) is 78.9 Å². The van der Waals surface area contributed by atoms with Gasteiger partial charge in [0, 0.05) is 19.3 Å². The maximum atomic E-state index is 12.9. The molecule has 0 aliphatic rings. The maximum Gasteiger partial charge on any atom is 0.306 e. The fourth-order valence-electron chi connectivity index (χ4n) is 10.6. The minimum absolute atomic E-state index is 0.0810. The lowest BCUT2D eigenvalue weighted by molar-refractivity contribution is -0.167. The van der Waals surface area contributed by atoms with Crippen LogP contribution in [0.2, 0.25) is 0 Å². The van der Waals surface area contributed by atoms with Crippen LogP contribution in [0.3, 0.4) is 0 Å². The predicted molar refractivity (Wildman–Crippen MR) is 353 cm³/mol. The van der Waals surface area contributed by atoms with E-state index in [2.05, 4.69) is 81.5 Å². The summed E-state index contributed by atoms with van der Waals surface area (Å²) in [6, 6.07) is 0. The lowest BCUT2D eigenvalue weighted by Gasteiger charge is -2.18. The van der Waals surface area contributed by atoms with Crippen molar-refractivity contribution < 1.29 is 28.6 Å². The van der Waals surface area contributed by atoms with E-state index in [4.69, 9.17) is 14.2 Å². The Kier molecular flexibility index (Phi) is 67.1. The zero-order valence-corrected chi connectivity index (χ0v) is 54.3. The molecule has 0 aliphatic heterocycles. The Bertz CT molecular complexity index is 1440. The molecule has 6 nitrogen and oxygen atoms in total. The molecule has 1 atom stereocenters. The van der Waals surface area contributed by atoms with Gasteiger partial charge in [0.05, 0.1) is 0 Å². The van der Waals surface area contributed by atoms with Crippen molar-refractivity contribution in [3.05, 3.63) is 60.8 Å². The highest BCUT2D eigenvalue weighted by atomic mass is 16.6. The Balaban J connectivity index is 4.17. The van der Waals surface area contributed by atoms with Crippen molar-refractivity contribution in [1.29, 1.82) is 0 Å². The highest BCUT2D eigenvalue weighted by Crippen LogP contribution is 2.18. The summed E-state index contributed by atoms with van der Waals surface area (Å²) in [7, 11) is 0. The Morgan fingerprint density at radius 2 is 0.481 bits per heavy atom. The van der Waals surface area contributed by atoms with Crippen molar-refractivity contribution in [2.45, 2.75) is 386 Å². The molecule has 0 aromatic rings. The molecule has 0 fully saturated rings. The standard InChI is InChI=1S/C75H136O6/c1-4-7-10-13-16-19-22-25-27-29-31-32-33-34-35-36-37-38-39-40-41-42-44-45-47-50-53-56-59-62-65-68-74(77)80-71-72(70-79-73(76)67-64-61-58-55-52-49-24-21-18-15-12-9-6-3)81-75(78)69-66-63-60-57-54-51-48-46-43-30-28-26-23-20-17-14-11-8-5-2/h9,12,18,21,26,28-29,31,49,52,72H,4-8,10-11,13-17,19-20,22-25,27,30,32-48,50-51,53-71H2,1-3H3/b12-9-,21-18-,28-26-,31-29-,52-49-. The third-order valence-electron chi connectivity index (χ3n) is 16.0. The van der Waals surface area contributed by atoms with Crippen molar-refractivity contribution in [3.8, 4) is 0 Å². The summed E-state index contributed by atoms with van der Waals surface area (Å²) in [5.74, 6) is -0.892. The van der Waals surface area contributed by atoms with Crippen LogP contribution in [0.1, 0.15) is 380 Å². The summed E-state index contributed by atoms with van der Waals surface area (Å²) in [6.45, 7) is 6.55. The van der Waals surface area contributed by atoms with Crippen molar-refractivity contribution in [2.75, 3.05) is 13.2 Å². The number of hydrogen-bond donors (Lipinski definition) is 0. The molecule has 472 valence electrons. The van der Waals surface area contributed by atoms with Crippen molar-refractivity contribution in [3.63, 3.8) is 0 Å². The van der Waals surface area contributed by atoms with Crippen LogP contribution < -0.4 is 0 Å². The van der Waals surface area contributed by atoms with Crippen molar-refractivity contribution in [1.82, 2.24) is 0 Å². The molecule has 0 saturated heterocycles. The second kappa shape index (κ2) is 69.6. The quantitative estimate of drug-likeness (QED) is 0.0261. The Hall–Kier alpha value is -2.89. The van der Waals surface area contributed by atoms with Crippen LogP contribution in [0.15, 0.2) is 60.8 Å². The van der Waals surface area contributed by atoms with Crippen LogP contribution >= 0.6 is 0 Å². The van der Waals surface area contributed by atoms with E-state index in [9.17, 15) is 14.4 Å². The van der Waals surface area contributed by atoms with Gasteiger partial charge < -0.3 is 14.2 Å². The second-order valence-electron chi connectivity index (χ2n) is 24.1. The van der Waals surface area contributed by atoms with E-state index in [-0.39, 0.29) is 31.1 Å². The van der Waals surface area contributed by atoms with Crippen LogP contribution in [-0.2, 0) is 28.6 Å². The zero-order chi connectivity index (χ0) is 58.5. The molecule has 0 N–H and O–H groups in total. The molecule has 81 heavy (non-hydrogen) atoms. The number of carbonyl (C=O) groups is 3. The van der Waals surface area contributed by atoms with E-state index in [1.54, 1.807) is 0 Å². The minimum atomic E-state index is -0.787. The number of allylic oxidation sites excluding steroid dienone is 10. The number of rotatable bonds is 66. The normalized spacial score (nSPS) is 12.4. The van der Waals surface area contributed by atoms with Gasteiger partial charge in [-0.2, -0.15) is 0 Å². The van der Waals surface area contributed by atoms with Gasteiger partial charge in [0.15, 0.2) is 6.10 Å². The molecular weight excluding hydrogens is 997 g/mol. The molecule has 0 aromatic carbocycles. The summed E-state index contributed by atoms with van der Waals surface area (Å²) in [4.78, 5) is 38.4. The van der Waals surface area contributed by atoms with Gasteiger partial charge in [-0.25, -0.2) is 0 Å². The molecule has 0 saturated carbocycles. The highest BCUT2D eigenvalue weighted by molar-refractivity contribution is 5.71. The van der Waals surface area contributed by atoms with Crippen LogP contribution in [0.4, 0.5) is 0 Å². The summed E-state index contributed by atoms with van der Waals surface area (Å²) in [5, 5.41) is 0. The number of hydrogen-bond acceptors (Lipinski definition) is 6. The first kappa shape index (κ1) is 78.1.